The molecule has 10 heteroatoms. The van der Waals surface area contributed by atoms with Crippen LogP contribution in [0.2, 0.25) is 0 Å². The minimum atomic E-state index is -0.250. The normalized spacial score (nSPS) is 13.4. The lowest BCUT2D eigenvalue weighted by atomic mass is 10.1. The van der Waals surface area contributed by atoms with E-state index >= 15 is 0 Å². The van der Waals surface area contributed by atoms with Gasteiger partial charge in [-0.25, -0.2) is 4.98 Å². The number of carboxylic acid groups (broad SMARTS) is 2. The van der Waals surface area contributed by atoms with E-state index in [4.69, 9.17) is 29.5 Å². The van der Waals surface area contributed by atoms with Crippen molar-refractivity contribution < 1.29 is 29.6 Å². The molecule has 0 spiro atoms. The van der Waals surface area contributed by atoms with Gasteiger partial charge in [0.2, 0.25) is 0 Å². The molecule has 1 aromatic heterocycles. The molecule has 1 aliphatic rings. The van der Waals surface area contributed by atoms with Crippen LogP contribution < -0.4 is 9.64 Å². The van der Waals surface area contributed by atoms with Gasteiger partial charge in [-0.3, -0.25) is 9.59 Å². The van der Waals surface area contributed by atoms with Crippen molar-refractivity contribution in [2.45, 2.75) is 6.92 Å². The number of aryl methyl sites for hydroxylation is 1. The number of imidazole rings is 1. The fourth-order valence-electron chi connectivity index (χ4n) is 3.53. The van der Waals surface area contributed by atoms with Crippen molar-refractivity contribution in [3.8, 4) is 22.9 Å². The maximum Gasteiger partial charge on any atom is 0.290 e. The monoisotopic (exact) mass is 444 g/mol. The molecule has 10 nitrogen and oxygen atoms in total. The van der Waals surface area contributed by atoms with E-state index < -0.39 is 0 Å². The Kier molecular flexibility index (Phi) is 8.84. The molecule has 0 bridgehead atoms. The molecule has 1 aliphatic heterocycles. The first-order chi connectivity index (χ1) is 15.4. The van der Waals surface area contributed by atoms with E-state index in [9.17, 15) is 5.11 Å². The third-order valence-electron chi connectivity index (χ3n) is 5.07. The molecule has 0 radical (unpaired) electrons. The molecular weight excluding hydrogens is 416 g/mol. The Morgan fingerprint density at radius 1 is 1.06 bits per heavy atom. The molecule has 172 valence electrons. The molecule has 0 amide bonds. The van der Waals surface area contributed by atoms with Crippen molar-refractivity contribution in [1.82, 2.24) is 14.9 Å². The first kappa shape index (κ1) is 24.5. The van der Waals surface area contributed by atoms with Gasteiger partial charge in [0.15, 0.2) is 0 Å². The molecule has 4 rings (SSSR count). The van der Waals surface area contributed by atoms with Gasteiger partial charge >= 0.3 is 0 Å². The van der Waals surface area contributed by atoms with Crippen LogP contribution in [0.3, 0.4) is 0 Å². The van der Waals surface area contributed by atoms with Crippen LogP contribution in [0.15, 0.2) is 30.3 Å². The third-order valence-corrected chi connectivity index (χ3v) is 5.07. The molecule has 32 heavy (non-hydrogen) atoms. The Morgan fingerprint density at radius 3 is 2.28 bits per heavy atom. The summed E-state index contributed by atoms with van der Waals surface area (Å²) in [5, 5.41) is 23.6. The van der Waals surface area contributed by atoms with Crippen LogP contribution in [-0.4, -0.2) is 83.5 Å². The predicted molar refractivity (Wildman–Crippen MR) is 122 cm³/mol. The van der Waals surface area contributed by atoms with Crippen LogP contribution in [0.4, 0.5) is 5.69 Å². The van der Waals surface area contributed by atoms with Crippen molar-refractivity contribution in [2.24, 2.45) is 0 Å². The van der Waals surface area contributed by atoms with E-state index in [1.165, 1.54) is 5.69 Å². The highest BCUT2D eigenvalue weighted by atomic mass is 16.5. The van der Waals surface area contributed by atoms with Crippen molar-refractivity contribution in [1.29, 1.82) is 0 Å². The number of piperazine rings is 1. The molecule has 0 saturated carbocycles. The zero-order valence-electron chi connectivity index (χ0n) is 18.3. The van der Waals surface area contributed by atoms with Gasteiger partial charge in [0, 0.05) is 31.9 Å². The average molecular weight is 444 g/mol. The Morgan fingerprint density at radius 2 is 1.69 bits per heavy atom. The lowest BCUT2D eigenvalue weighted by molar-refractivity contribution is -0.123. The molecule has 1 saturated heterocycles. The van der Waals surface area contributed by atoms with E-state index in [-0.39, 0.29) is 18.7 Å². The largest absolute Gasteiger partial charge is 0.508 e. The number of rotatable bonds is 3. The Bertz CT molecular complexity index is 1040. The van der Waals surface area contributed by atoms with E-state index in [2.05, 4.69) is 40.9 Å². The van der Waals surface area contributed by atoms with Crippen LogP contribution in [0.5, 0.6) is 11.5 Å². The molecular formula is C22H28N4O6. The number of hydrogen-bond donors (Lipinski definition) is 4. The summed E-state index contributed by atoms with van der Waals surface area (Å²) in [6.07, 6.45) is 0. The number of phenols is 1. The number of fused-ring (bicyclic) bond motifs is 1. The standard InChI is InChI=1S/C20H24N4O2.2CH2O2/c1-13-10-14(24-8-6-23(2)7-9-24)11-17-19(13)22-20(21-17)16-12-15(25)4-5-18(16)26-3;2*2-1-3/h4-5,10-12,25H,6-9H2,1-3H3,(H,21,22);2*1H,(H,2,3). The van der Waals surface area contributed by atoms with Crippen LogP contribution in [0.1, 0.15) is 5.56 Å². The number of hydrogen-bond acceptors (Lipinski definition) is 7. The van der Waals surface area contributed by atoms with Crippen molar-refractivity contribution in [2.75, 3.05) is 45.2 Å². The number of aromatic nitrogens is 2. The molecule has 2 heterocycles. The number of ether oxygens (including phenoxy) is 1. The van der Waals surface area contributed by atoms with E-state index in [1.54, 1.807) is 25.3 Å². The third kappa shape index (κ3) is 5.88. The molecule has 3 aromatic rings. The van der Waals surface area contributed by atoms with Gasteiger partial charge in [0.05, 0.1) is 23.7 Å². The van der Waals surface area contributed by atoms with Crippen LogP contribution >= 0.6 is 0 Å². The summed E-state index contributed by atoms with van der Waals surface area (Å²) in [5.41, 5.74) is 5.06. The summed E-state index contributed by atoms with van der Waals surface area (Å²) >= 11 is 0. The second kappa shape index (κ2) is 11.6. The number of phenolic OH excluding ortho intramolecular Hbond substituents is 1. The van der Waals surface area contributed by atoms with Crippen LogP contribution in [0.25, 0.3) is 22.4 Å². The average Bonchev–Trinajstić information content (AvgIpc) is 3.20. The highest BCUT2D eigenvalue weighted by Gasteiger charge is 2.18. The summed E-state index contributed by atoms with van der Waals surface area (Å²) in [4.78, 5) is 29.7. The van der Waals surface area contributed by atoms with Crippen molar-refractivity contribution >= 4 is 29.7 Å². The van der Waals surface area contributed by atoms with Gasteiger partial charge in [0.25, 0.3) is 12.9 Å². The van der Waals surface area contributed by atoms with E-state index in [1.807, 2.05) is 0 Å². The summed E-state index contributed by atoms with van der Waals surface area (Å²) < 4.78 is 5.43. The fourth-order valence-corrected chi connectivity index (χ4v) is 3.53. The first-order valence-corrected chi connectivity index (χ1v) is 9.85. The Hall–Kier alpha value is -3.79. The maximum absolute atomic E-state index is 9.85. The minimum absolute atomic E-state index is 0.191. The molecule has 2 aromatic carbocycles. The summed E-state index contributed by atoms with van der Waals surface area (Å²) in [6.45, 7) is 5.80. The minimum Gasteiger partial charge on any atom is -0.508 e. The highest BCUT2D eigenvalue weighted by molar-refractivity contribution is 5.86. The molecule has 0 unspecified atom stereocenters. The summed E-state index contributed by atoms with van der Waals surface area (Å²) in [7, 11) is 3.78. The number of nitrogens with one attached hydrogen (secondary N) is 1. The molecule has 0 aliphatic carbocycles. The van der Waals surface area contributed by atoms with Crippen molar-refractivity contribution in [3.63, 3.8) is 0 Å². The van der Waals surface area contributed by atoms with Crippen molar-refractivity contribution in [3.05, 3.63) is 35.9 Å². The lowest BCUT2D eigenvalue weighted by Crippen LogP contribution is -2.44. The van der Waals surface area contributed by atoms with Gasteiger partial charge in [-0.05, 0) is 49.9 Å². The number of H-pyrrole nitrogens is 1. The number of carbonyl (C=O) groups is 2. The second-order valence-corrected chi connectivity index (χ2v) is 7.13. The van der Waals surface area contributed by atoms with E-state index in [0.717, 1.165) is 48.3 Å². The summed E-state index contributed by atoms with van der Waals surface area (Å²) in [5.74, 6) is 1.57. The topological polar surface area (TPSA) is 139 Å². The fraction of sp³-hybridized carbons (Fsp3) is 0.318. The zero-order chi connectivity index (χ0) is 23.7. The van der Waals surface area contributed by atoms with Gasteiger partial charge in [0.1, 0.15) is 17.3 Å². The number of aromatic amines is 1. The SMILES string of the molecule is COc1ccc(O)cc1-c1nc2c(C)cc(N3CCN(C)CC3)cc2[nH]1.O=CO.O=CO. The van der Waals surface area contributed by atoms with Gasteiger partial charge in [-0.2, -0.15) is 0 Å². The quantitative estimate of drug-likeness (QED) is 0.448. The number of aromatic hydroxyl groups is 1. The molecule has 0 atom stereocenters. The maximum atomic E-state index is 9.85. The molecule has 4 N–H and O–H groups in total. The number of nitrogens with zero attached hydrogens (tertiary/aromatic N) is 3. The number of likely N-dealkylation sites (N-methyl/N-ethyl adjacent to an activating group) is 1. The lowest BCUT2D eigenvalue weighted by Gasteiger charge is -2.34. The van der Waals surface area contributed by atoms with Crippen LogP contribution in [-0.2, 0) is 9.59 Å². The van der Waals surface area contributed by atoms with Gasteiger partial charge in [-0.15, -0.1) is 0 Å². The Labute approximate surface area is 185 Å². The smallest absolute Gasteiger partial charge is 0.290 e. The Balaban J connectivity index is 0.000000547. The van der Waals surface area contributed by atoms with E-state index in [0.29, 0.717) is 11.6 Å². The number of benzene rings is 2. The number of anilines is 1. The number of methoxy groups -OCH3 is 1. The van der Waals surface area contributed by atoms with Gasteiger partial charge < -0.3 is 34.8 Å². The van der Waals surface area contributed by atoms with Gasteiger partial charge in [-0.1, -0.05) is 0 Å². The highest BCUT2D eigenvalue weighted by Crippen LogP contribution is 2.34. The summed E-state index contributed by atoms with van der Waals surface area (Å²) in [6, 6.07) is 9.41. The first-order valence-electron chi connectivity index (χ1n) is 9.85. The zero-order valence-corrected chi connectivity index (χ0v) is 18.3. The predicted octanol–water partition coefficient (Wildman–Crippen LogP) is 2.41. The van der Waals surface area contributed by atoms with Crippen LogP contribution in [0, 0.1) is 6.92 Å². The second-order valence-electron chi connectivity index (χ2n) is 7.13. The molecule has 1 fully saturated rings.